The summed E-state index contributed by atoms with van der Waals surface area (Å²) < 4.78 is 5.48. The van der Waals surface area contributed by atoms with Gasteiger partial charge in [-0.25, -0.2) is 0 Å². The first kappa shape index (κ1) is 15.8. The fourth-order valence-electron chi connectivity index (χ4n) is 4.09. The van der Waals surface area contributed by atoms with Gasteiger partial charge in [0.05, 0.1) is 7.11 Å². The number of para-hydroxylation sites is 1. The van der Waals surface area contributed by atoms with Gasteiger partial charge in [-0.05, 0) is 24.8 Å². The van der Waals surface area contributed by atoms with Gasteiger partial charge < -0.3 is 4.74 Å². The largest absolute Gasteiger partial charge is 0.496 e. The summed E-state index contributed by atoms with van der Waals surface area (Å²) in [6, 6.07) is 9.25. The molecule has 1 aliphatic carbocycles. The molecule has 1 aliphatic heterocycles. The minimum absolute atomic E-state index is 0.845. The van der Waals surface area contributed by atoms with Crippen molar-refractivity contribution in [3.05, 3.63) is 29.8 Å². The molecule has 1 saturated carbocycles. The first-order valence-corrected chi connectivity index (χ1v) is 8.84. The number of ether oxygens (including phenoxy) is 1. The van der Waals surface area contributed by atoms with Crippen LogP contribution in [0.15, 0.2) is 24.3 Å². The van der Waals surface area contributed by atoms with E-state index in [0.29, 0.717) is 0 Å². The quantitative estimate of drug-likeness (QED) is 0.848. The number of piperazine rings is 1. The lowest BCUT2D eigenvalue weighted by atomic mass is 9.86. The van der Waals surface area contributed by atoms with Crippen molar-refractivity contribution in [3.63, 3.8) is 0 Å². The van der Waals surface area contributed by atoms with E-state index in [9.17, 15) is 0 Å². The molecule has 3 nitrogen and oxygen atoms in total. The van der Waals surface area contributed by atoms with E-state index in [1.54, 1.807) is 7.11 Å². The molecule has 2 atom stereocenters. The van der Waals surface area contributed by atoms with E-state index >= 15 is 0 Å². The van der Waals surface area contributed by atoms with Gasteiger partial charge >= 0.3 is 0 Å². The molecule has 3 rings (SSSR count). The highest BCUT2D eigenvalue weighted by molar-refractivity contribution is 5.33. The Labute approximate surface area is 135 Å². The Morgan fingerprint density at radius 2 is 1.86 bits per heavy atom. The second kappa shape index (κ2) is 7.47. The van der Waals surface area contributed by atoms with Crippen LogP contribution < -0.4 is 4.74 Å². The van der Waals surface area contributed by atoms with E-state index in [0.717, 1.165) is 24.3 Å². The molecule has 3 heteroatoms. The fraction of sp³-hybridized carbons (Fsp3) is 0.684. The van der Waals surface area contributed by atoms with Crippen molar-refractivity contribution in [2.24, 2.45) is 5.92 Å². The molecule has 0 bridgehead atoms. The maximum atomic E-state index is 5.48. The summed E-state index contributed by atoms with van der Waals surface area (Å²) in [6.45, 7) is 8.26. The first-order valence-electron chi connectivity index (χ1n) is 8.84. The van der Waals surface area contributed by atoms with Crippen LogP contribution >= 0.6 is 0 Å². The van der Waals surface area contributed by atoms with Crippen molar-refractivity contribution in [1.29, 1.82) is 0 Å². The van der Waals surface area contributed by atoms with Crippen LogP contribution in [0.4, 0.5) is 0 Å². The molecule has 0 amide bonds. The Morgan fingerprint density at radius 1 is 1.09 bits per heavy atom. The normalized spacial score (nSPS) is 27.7. The number of methoxy groups -OCH3 is 1. The Morgan fingerprint density at radius 3 is 2.59 bits per heavy atom. The predicted octanol–water partition coefficient (Wildman–Crippen LogP) is 3.39. The molecule has 1 aromatic rings. The molecular weight excluding hydrogens is 272 g/mol. The molecule has 0 N–H and O–H groups in total. The van der Waals surface area contributed by atoms with E-state index in [1.807, 2.05) is 6.07 Å². The summed E-state index contributed by atoms with van der Waals surface area (Å²) in [6.07, 6.45) is 5.68. The van der Waals surface area contributed by atoms with Crippen LogP contribution in [0, 0.1) is 5.92 Å². The smallest absolute Gasteiger partial charge is 0.123 e. The predicted molar refractivity (Wildman–Crippen MR) is 91.3 cm³/mol. The monoisotopic (exact) mass is 302 g/mol. The summed E-state index contributed by atoms with van der Waals surface area (Å²) in [5.41, 5.74) is 1.31. The van der Waals surface area contributed by atoms with E-state index in [1.165, 1.54) is 57.4 Å². The van der Waals surface area contributed by atoms with E-state index in [4.69, 9.17) is 4.74 Å². The van der Waals surface area contributed by atoms with Gasteiger partial charge in [-0.15, -0.1) is 0 Å². The molecule has 0 radical (unpaired) electrons. The third-order valence-electron chi connectivity index (χ3n) is 5.42. The maximum Gasteiger partial charge on any atom is 0.123 e. The molecule has 0 aromatic heterocycles. The minimum atomic E-state index is 0.845. The van der Waals surface area contributed by atoms with Gasteiger partial charge in [-0.1, -0.05) is 38.0 Å². The number of hydrogen-bond acceptors (Lipinski definition) is 3. The third kappa shape index (κ3) is 3.82. The lowest BCUT2D eigenvalue weighted by Crippen LogP contribution is -2.50. The van der Waals surface area contributed by atoms with Crippen molar-refractivity contribution < 1.29 is 4.74 Å². The topological polar surface area (TPSA) is 15.7 Å². The second-order valence-electron chi connectivity index (χ2n) is 7.05. The summed E-state index contributed by atoms with van der Waals surface area (Å²) >= 11 is 0. The van der Waals surface area contributed by atoms with Crippen molar-refractivity contribution >= 4 is 0 Å². The standard InChI is InChI=1S/C19H30N2O/c1-16-6-5-8-18(14-16)21-12-10-20(11-13-21)15-17-7-3-4-9-19(17)22-2/h3-4,7,9,16,18H,5-6,8,10-15H2,1-2H3/t16-,18+/m0/s1. The summed E-state index contributed by atoms with van der Waals surface area (Å²) in [7, 11) is 1.76. The van der Waals surface area contributed by atoms with Gasteiger partial charge in [0.1, 0.15) is 5.75 Å². The van der Waals surface area contributed by atoms with Crippen molar-refractivity contribution in [3.8, 4) is 5.75 Å². The number of nitrogens with zero attached hydrogens (tertiary/aromatic N) is 2. The molecule has 1 heterocycles. The van der Waals surface area contributed by atoms with Crippen LogP contribution in [0.2, 0.25) is 0 Å². The summed E-state index contributed by atoms with van der Waals surface area (Å²) in [5, 5.41) is 0. The average Bonchev–Trinajstić information content (AvgIpc) is 2.56. The first-order chi connectivity index (χ1) is 10.8. The number of rotatable bonds is 4. The van der Waals surface area contributed by atoms with Crippen molar-refractivity contribution in [1.82, 2.24) is 9.80 Å². The molecule has 1 saturated heterocycles. The number of benzene rings is 1. The SMILES string of the molecule is COc1ccccc1CN1CCN([C@@H]2CCC[C@H](C)C2)CC1. The van der Waals surface area contributed by atoms with Gasteiger partial charge in [0.15, 0.2) is 0 Å². The summed E-state index contributed by atoms with van der Waals surface area (Å²) in [4.78, 5) is 5.31. The molecule has 2 aliphatic rings. The van der Waals surface area contributed by atoms with Crippen LogP contribution in [0.1, 0.15) is 38.2 Å². The lowest BCUT2D eigenvalue weighted by Gasteiger charge is -2.42. The van der Waals surface area contributed by atoms with E-state index in [2.05, 4.69) is 34.9 Å². The Bertz CT molecular complexity index is 468. The average molecular weight is 302 g/mol. The highest BCUT2D eigenvalue weighted by atomic mass is 16.5. The highest BCUT2D eigenvalue weighted by Gasteiger charge is 2.27. The van der Waals surface area contributed by atoms with Gasteiger partial charge in [0, 0.05) is 44.3 Å². The fourth-order valence-corrected chi connectivity index (χ4v) is 4.09. The molecule has 0 spiro atoms. The second-order valence-corrected chi connectivity index (χ2v) is 7.05. The Balaban J connectivity index is 1.51. The van der Waals surface area contributed by atoms with Crippen LogP contribution in [0.25, 0.3) is 0 Å². The third-order valence-corrected chi connectivity index (χ3v) is 5.42. The van der Waals surface area contributed by atoms with Crippen molar-refractivity contribution in [2.45, 2.75) is 45.2 Å². The van der Waals surface area contributed by atoms with Crippen LogP contribution in [-0.2, 0) is 6.54 Å². The van der Waals surface area contributed by atoms with Gasteiger partial charge in [-0.2, -0.15) is 0 Å². The molecule has 2 fully saturated rings. The zero-order valence-corrected chi connectivity index (χ0v) is 14.1. The van der Waals surface area contributed by atoms with Gasteiger partial charge in [0.2, 0.25) is 0 Å². The maximum absolute atomic E-state index is 5.48. The van der Waals surface area contributed by atoms with Gasteiger partial charge in [-0.3, -0.25) is 9.80 Å². The lowest BCUT2D eigenvalue weighted by molar-refractivity contribution is 0.0656. The Hall–Kier alpha value is -1.06. The van der Waals surface area contributed by atoms with Crippen LogP contribution in [-0.4, -0.2) is 49.1 Å². The molecule has 22 heavy (non-hydrogen) atoms. The van der Waals surface area contributed by atoms with Crippen LogP contribution in [0.3, 0.4) is 0 Å². The summed E-state index contributed by atoms with van der Waals surface area (Å²) in [5.74, 6) is 1.94. The molecule has 1 aromatic carbocycles. The van der Waals surface area contributed by atoms with Gasteiger partial charge in [0.25, 0.3) is 0 Å². The zero-order valence-electron chi connectivity index (χ0n) is 14.1. The van der Waals surface area contributed by atoms with E-state index < -0.39 is 0 Å². The minimum Gasteiger partial charge on any atom is -0.496 e. The van der Waals surface area contributed by atoms with Crippen LogP contribution in [0.5, 0.6) is 5.75 Å². The van der Waals surface area contributed by atoms with E-state index in [-0.39, 0.29) is 0 Å². The molecule has 0 unspecified atom stereocenters. The number of hydrogen-bond donors (Lipinski definition) is 0. The highest BCUT2D eigenvalue weighted by Crippen LogP contribution is 2.28. The Kier molecular flexibility index (Phi) is 5.37. The zero-order chi connectivity index (χ0) is 15.4. The molecule has 122 valence electrons. The van der Waals surface area contributed by atoms with Crippen molar-refractivity contribution in [2.75, 3.05) is 33.3 Å². The molecular formula is C19H30N2O.